The van der Waals surface area contributed by atoms with E-state index in [1.165, 1.54) is 19.3 Å². The lowest BCUT2D eigenvalue weighted by Gasteiger charge is -2.39. The van der Waals surface area contributed by atoms with Crippen molar-refractivity contribution in [1.82, 2.24) is 9.55 Å². The van der Waals surface area contributed by atoms with Gasteiger partial charge in [0.15, 0.2) is 0 Å². The first kappa shape index (κ1) is 13.5. The maximum absolute atomic E-state index is 9.23. The first-order valence-corrected chi connectivity index (χ1v) is 7.64. The van der Waals surface area contributed by atoms with Crippen LogP contribution < -0.4 is 0 Å². The summed E-state index contributed by atoms with van der Waals surface area (Å²) in [5.41, 5.74) is 2.91. The number of imidazole rings is 1. The van der Waals surface area contributed by atoms with Gasteiger partial charge in [-0.25, -0.2) is 4.98 Å². The highest BCUT2D eigenvalue weighted by Crippen LogP contribution is 2.42. The zero-order valence-corrected chi connectivity index (χ0v) is 12.5. The lowest BCUT2D eigenvalue weighted by molar-refractivity contribution is 0.132. The molecule has 0 atom stereocenters. The summed E-state index contributed by atoms with van der Waals surface area (Å²) in [6, 6.07) is 8.06. The SMILES string of the molecule is CC1(Cn2c(CCCl)nc3c(C#N)cccc32)CCC1. The molecule has 3 nitrogen and oxygen atoms in total. The zero-order chi connectivity index (χ0) is 14.2. The van der Waals surface area contributed by atoms with Crippen molar-refractivity contribution in [2.45, 2.75) is 39.2 Å². The van der Waals surface area contributed by atoms with Gasteiger partial charge >= 0.3 is 0 Å². The fraction of sp³-hybridized carbons (Fsp3) is 0.500. The quantitative estimate of drug-likeness (QED) is 0.801. The molecule has 104 valence electrons. The molecule has 1 saturated carbocycles. The average molecular weight is 288 g/mol. The van der Waals surface area contributed by atoms with Gasteiger partial charge in [0.2, 0.25) is 0 Å². The highest BCUT2D eigenvalue weighted by molar-refractivity contribution is 6.17. The van der Waals surface area contributed by atoms with Crippen molar-refractivity contribution >= 4 is 22.6 Å². The van der Waals surface area contributed by atoms with Gasteiger partial charge < -0.3 is 4.57 Å². The van der Waals surface area contributed by atoms with Crippen LogP contribution in [0.5, 0.6) is 0 Å². The summed E-state index contributed by atoms with van der Waals surface area (Å²) < 4.78 is 2.28. The molecule has 20 heavy (non-hydrogen) atoms. The smallest absolute Gasteiger partial charge is 0.111 e. The molecule has 1 heterocycles. The van der Waals surface area contributed by atoms with E-state index in [0.717, 1.165) is 29.8 Å². The summed E-state index contributed by atoms with van der Waals surface area (Å²) in [6.45, 7) is 3.31. The van der Waals surface area contributed by atoms with Crippen molar-refractivity contribution < 1.29 is 0 Å². The van der Waals surface area contributed by atoms with Crippen LogP contribution in [0.1, 0.15) is 37.6 Å². The molecular formula is C16H18ClN3. The fourth-order valence-corrected chi connectivity index (χ4v) is 3.23. The molecule has 1 aliphatic rings. The summed E-state index contributed by atoms with van der Waals surface area (Å²) in [7, 11) is 0. The molecule has 1 aromatic carbocycles. The molecule has 1 aliphatic carbocycles. The second kappa shape index (κ2) is 5.10. The molecule has 4 heteroatoms. The van der Waals surface area contributed by atoms with E-state index >= 15 is 0 Å². The normalized spacial score (nSPS) is 16.9. The molecule has 0 bridgehead atoms. The van der Waals surface area contributed by atoms with Gasteiger partial charge in [0, 0.05) is 18.8 Å². The second-order valence-corrected chi connectivity index (χ2v) is 6.38. The van der Waals surface area contributed by atoms with Crippen molar-refractivity contribution in [2.75, 3.05) is 5.88 Å². The number of aryl methyl sites for hydroxylation is 1. The van der Waals surface area contributed by atoms with Crippen LogP contribution in [-0.4, -0.2) is 15.4 Å². The Morgan fingerprint density at radius 3 is 2.85 bits per heavy atom. The van der Waals surface area contributed by atoms with Gasteiger partial charge in [0.1, 0.15) is 17.4 Å². The number of halogens is 1. The van der Waals surface area contributed by atoms with E-state index in [9.17, 15) is 5.26 Å². The number of nitriles is 1. The van der Waals surface area contributed by atoms with E-state index < -0.39 is 0 Å². The third-order valence-corrected chi connectivity index (χ3v) is 4.59. The minimum Gasteiger partial charge on any atom is -0.327 e. The predicted molar refractivity (Wildman–Crippen MR) is 80.8 cm³/mol. The molecule has 0 unspecified atom stereocenters. The first-order chi connectivity index (χ1) is 9.67. The topological polar surface area (TPSA) is 41.6 Å². The Labute approximate surface area is 124 Å². The van der Waals surface area contributed by atoms with Crippen molar-refractivity contribution in [1.29, 1.82) is 5.26 Å². The summed E-state index contributed by atoms with van der Waals surface area (Å²) in [5, 5.41) is 9.23. The molecular weight excluding hydrogens is 270 g/mol. The lowest BCUT2D eigenvalue weighted by Crippen LogP contribution is -2.31. The van der Waals surface area contributed by atoms with E-state index in [1.807, 2.05) is 12.1 Å². The predicted octanol–water partition coefficient (Wildman–Crippen LogP) is 3.88. The van der Waals surface area contributed by atoms with Crippen LogP contribution in [0.3, 0.4) is 0 Å². The van der Waals surface area contributed by atoms with Crippen molar-refractivity contribution in [3.63, 3.8) is 0 Å². The van der Waals surface area contributed by atoms with Gasteiger partial charge in [0.25, 0.3) is 0 Å². The van der Waals surface area contributed by atoms with Crippen LogP contribution in [0.4, 0.5) is 0 Å². The van der Waals surface area contributed by atoms with Gasteiger partial charge in [-0.1, -0.05) is 19.4 Å². The Morgan fingerprint density at radius 2 is 2.25 bits per heavy atom. The summed E-state index contributed by atoms with van der Waals surface area (Å²) in [4.78, 5) is 4.67. The van der Waals surface area contributed by atoms with Crippen LogP contribution >= 0.6 is 11.6 Å². The number of aromatic nitrogens is 2. The van der Waals surface area contributed by atoms with Gasteiger partial charge in [-0.15, -0.1) is 11.6 Å². The summed E-state index contributed by atoms with van der Waals surface area (Å²) in [5.74, 6) is 1.56. The Bertz CT molecular complexity index is 677. The highest BCUT2D eigenvalue weighted by Gasteiger charge is 2.33. The second-order valence-electron chi connectivity index (χ2n) is 6.00. The minimum atomic E-state index is 0.372. The Hall–Kier alpha value is -1.53. The van der Waals surface area contributed by atoms with E-state index in [0.29, 0.717) is 16.9 Å². The molecule has 2 aromatic rings. The van der Waals surface area contributed by atoms with Gasteiger partial charge in [-0.3, -0.25) is 0 Å². The molecule has 0 radical (unpaired) electrons. The lowest BCUT2D eigenvalue weighted by atomic mass is 9.70. The molecule has 3 rings (SSSR count). The standard InChI is InChI=1S/C16H18ClN3/c1-16(7-3-8-16)11-20-13-5-2-4-12(10-18)15(13)19-14(20)6-9-17/h2,4-5H,3,6-9,11H2,1H3. The molecule has 0 aliphatic heterocycles. The highest BCUT2D eigenvalue weighted by atomic mass is 35.5. The molecule has 0 saturated heterocycles. The maximum atomic E-state index is 9.23. The maximum Gasteiger partial charge on any atom is 0.111 e. The van der Waals surface area contributed by atoms with E-state index in [4.69, 9.17) is 11.6 Å². The van der Waals surface area contributed by atoms with Crippen molar-refractivity contribution in [3.8, 4) is 6.07 Å². The molecule has 0 spiro atoms. The van der Waals surface area contributed by atoms with E-state index in [1.54, 1.807) is 0 Å². The summed E-state index contributed by atoms with van der Waals surface area (Å²) >= 11 is 5.91. The molecule has 0 amide bonds. The third-order valence-electron chi connectivity index (χ3n) is 4.40. The molecule has 0 N–H and O–H groups in total. The number of rotatable bonds is 4. The number of hydrogen-bond acceptors (Lipinski definition) is 2. The van der Waals surface area contributed by atoms with Gasteiger partial charge in [-0.05, 0) is 30.4 Å². The number of nitrogens with zero attached hydrogens (tertiary/aromatic N) is 3. The fourth-order valence-electron chi connectivity index (χ4n) is 3.06. The Balaban J connectivity index is 2.12. The number of fused-ring (bicyclic) bond motifs is 1. The van der Waals surface area contributed by atoms with Crippen LogP contribution in [0.2, 0.25) is 0 Å². The summed E-state index contributed by atoms with van der Waals surface area (Å²) in [6.07, 6.45) is 4.60. The van der Waals surface area contributed by atoms with Gasteiger partial charge in [-0.2, -0.15) is 5.26 Å². The number of para-hydroxylation sites is 1. The third kappa shape index (κ3) is 2.19. The van der Waals surface area contributed by atoms with Crippen molar-refractivity contribution in [2.24, 2.45) is 5.41 Å². The van der Waals surface area contributed by atoms with Crippen LogP contribution in [0, 0.1) is 16.7 Å². The monoisotopic (exact) mass is 287 g/mol. The average Bonchev–Trinajstić information content (AvgIpc) is 2.75. The van der Waals surface area contributed by atoms with Gasteiger partial charge in [0.05, 0.1) is 11.1 Å². The van der Waals surface area contributed by atoms with E-state index in [-0.39, 0.29) is 0 Å². The number of alkyl halides is 1. The molecule has 1 aromatic heterocycles. The van der Waals surface area contributed by atoms with E-state index in [2.05, 4.69) is 28.6 Å². The minimum absolute atomic E-state index is 0.372. The van der Waals surface area contributed by atoms with Crippen molar-refractivity contribution in [3.05, 3.63) is 29.6 Å². The largest absolute Gasteiger partial charge is 0.327 e. The zero-order valence-electron chi connectivity index (χ0n) is 11.7. The first-order valence-electron chi connectivity index (χ1n) is 7.11. The molecule has 1 fully saturated rings. The Kier molecular flexibility index (Phi) is 3.43. The van der Waals surface area contributed by atoms with Crippen LogP contribution in [0.15, 0.2) is 18.2 Å². The van der Waals surface area contributed by atoms with Crippen LogP contribution in [-0.2, 0) is 13.0 Å². The number of hydrogen-bond donors (Lipinski definition) is 0. The number of benzene rings is 1. The Morgan fingerprint density at radius 1 is 1.45 bits per heavy atom. The van der Waals surface area contributed by atoms with Crippen LogP contribution in [0.25, 0.3) is 11.0 Å².